The second-order valence-corrected chi connectivity index (χ2v) is 10.8. The van der Waals surface area contributed by atoms with Gasteiger partial charge in [0, 0.05) is 37.9 Å². The summed E-state index contributed by atoms with van der Waals surface area (Å²) in [6, 6.07) is 11.3. The van der Waals surface area contributed by atoms with Crippen molar-refractivity contribution < 1.29 is 19.3 Å². The number of nitrogens with zero attached hydrogens (tertiary/aromatic N) is 2. The lowest BCUT2D eigenvalue weighted by molar-refractivity contribution is 0.0105. The van der Waals surface area contributed by atoms with Gasteiger partial charge in [-0.05, 0) is 65.2 Å². The maximum atomic E-state index is 13.0. The zero-order valence-electron chi connectivity index (χ0n) is 22.8. The largest absolute Gasteiger partial charge is 0.496 e. The van der Waals surface area contributed by atoms with Crippen LogP contribution in [-0.2, 0) is 4.74 Å². The number of pyridine rings is 1. The molecule has 3 heterocycles. The molecule has 0 bridgehead atoms. The minimum Gasteiger partial charge on any atom is -0.496 e. The molecule has 0 aliphatic carbocycles. The van der Waals surface area contributed by atoms with E-state index < -0.39 is 6.10 Å². The van der Waals surface area contributed by atoms with Gasteiger partial charge in [-0.2, -0.15) is 0 Å². The number of anilines is 1. The molecule has 4 aromatic rings. The van der Waals surface area contributed by atoms with Gasteiger partial charge in [0.1, 0.15) is 29.5 Å². The first kappa shape index (κ1) is 28.2. The lowest BCUT2D eigenvalue weighted by Gasteiger charge is -2.32. The zero-order valence-corrected chi connectivity index (χ0v) is 24.4. The van der Waals surface area contributed by atoms with Crippen LogP contribution in [0.4, 0.5) is 5.69 Å². The summed E-state index contributed by atoms with van der Waals surface area (Å²) in [5, 5.41) is 14.0. The van der Waals surface area contributed by atoms with E-state index in [0.717, 1.165) is 53.1 Å². The van der Waals surface area contributed by atoms with Crippen molar-refractivity contribution in [1.82, 2.24) is 19.9 Å². The van der Waals surface area contributed by atoms with E-state index in [4.69, 9.17) is 19.2 Å². The highest BCUT2D eigenvalue weighted by Crippen LogP contribution is 2.31. The Bertz CT molecular complexity index is 1530. The third-order valence-corrected chi connectivity index (χ3v) is 7.77. The number of hydrogen-bond donors (Lipinski definition) is 4. The molecule has 2 aromatic heterocycles. The summed E-state index contributed by atoms with van der Waals surface area (Å²) in [6.07, 6.45) is 0.756. The van der Waals surface area contributed by atoms with Crippen LogP contribution in [0.1, 0.15) is 24.2 Å². The summed E-state index contributed by atoms with van der Waals surface area (Å²) >= 11 is 3.46. The predicted molar refractivity (Wildman–Crippen MR) is 158 cm³/mol. The molecule has 1 aliphatic heterocycles. The van der Waals surface area contributed by atoms with Gasteiger partial charge in [0.2, 0.25) is 0 Å². The van der Waals surface area contributed by atoms with Crippen molar-refractivity contribution in [1.29, 1.82) is 0 Å². The minimum atomic E-state index is -0.813. The summed E-state index contributed by atoms with van der Waals surface area (Å²) in [5.41, 5.74) is 3.83. The first-order chi connectivity index (χ1) is 19.3. The van der Waals surface area contributed by atoms with Gasteiger partial charge in [0.05, 0.1) is 47.6 Å². The lowest BCUT2D eigenvalue weighted by atomic mass is 10.1. The number of H-pyrrole nitrogens is 2. The molecule has 1 fully saturated rings. The molecule has 0 amide bonds. The van der Waals surface area contributed by atoms with Crippen molar-refractivity contribution in [3.05, 3.63) is 68.5 Å². The number of nitrogens with one attached hydrogen (secondary N) is 3. The highest BCUT2D eigenvalue weighted by atomic mass is 79.9. The van der Waals surface area contributed by atoms with Gasteiger partial charge in [0.25, 0.3) is 5.56 Å². The quantitative estimate of drug-likeness (QED) is 0.210. The van der Waals surface area contributed by atoms with Crippen molar-refractivity contribution in [3.8, 4) is 22.9 Å². The Labute approximate surface area is 240 Å². The van der Waals surface area contributed by atoms with Crippen molar-refractivity contribution >= 4 is 32.7 Å². The van der Waals surface area contributed by atoms with Crippen LogP contribution in [0.5, 0.6) is 11.5 Å². The van der Waals surface area contributed by atoms with Crippen LogP contribution in [0.25, 0.3) is 22.4 Å². The van der Waals surface area contributed by atoms with Crippen LogP contribution in [0.2, 0.25) is 0 Å². The monoisotopic (exact) mass is 611 g/mol. The van der Waals surface area contributed by atoms with Crippen LogP contribution in [0.15, 0.2) is 51.9 Å². The molecular weight excluding hydrogens is 578 g/mol. The zero-order chi connectivity index (χ0) is 28.2. The highest BCUT2D eigenvalue weighted by Gasteiger charge is 2.20. The first-order valence-corrected chi connectivity index (χ1v) is 14.1. The van der Waals surface area contributed by atoms with Crippen molar-refractivity contribution in [2.24, 2.45) is 0 Å². The number of aliphatic hydroxyl groups excluding tert-OH is 1. The maximum Gasteiger partial charge on any atom is 0.261 e. The van der Waals surface area contributed by atoms with Gasteiger partial charge in [-0.15, -0.1) is 0 Å². The third kappa shape index (κ3) is 6.17. The number of aryl methyl sites for hydroxylation is 1. The molecule has 10 nitrogen and oxygen atoms in total. The molecule has 5 rings (SSSR count). The Morgan fingerprint density at radius 1 is 1.23 bits per heavy atom. The van der Waals surface area contributed by atoms with Gasteiger partial charge >= 0.3 is 0 Å². The van der Waals surface area contributed by atoms with Crippen molar-refractivity contribution in [3.63, 3.8) is 0 Å². The van der Waals surface area contributed by atoms with E-state index in [1.807, 2.05) is 25.1 Å². The number of fused-ring (bicyclic) bond motifs is 1. The number of ether oxygens (including phenoxy) is 3. The Balaban J connectivity index is 1.34. The Kier molecular flexibility index (Phi) is 8.75. The summed E-state index contributed by atoms with van der Waals surface area (Å²) in [4.78, 5) is 26.1. The van der Waals surface area contributed by atoms with Gasteiger partial charge in [-0.25, -0.2) is 4.98 Å². The maximum absolute atomic E-state index is 13.0. The van der Waals surface area contributed by atoms with E-state index in [9.17, 15) is 9.90 Å². The van der Waals surface area contributed by atoms with E-state index in [1.54, 1.807) is 31.5 Å². The second kappa shape index (κ2) is 12.4. The summed E-state index contributed by atoms with van der Waals surface area (Å²) in [7, 11) is 1.59. The van der Waals surface area contributed by atoms with Crippen LogP contribution in [0, 0.1) is 6.92 Å². The van der Waals surface area contributed by atoms with E-state index in [1.165, 1.54) is 0 Å². The number of imidazole rings is 1. The van der Waals surface area contributed by atoms with E-state index in [2.05, 4.69) is 43.0 Å². The number of morpholine rings is 1. The predicted octanol–water partition coefficient (Wildman–Crippen LogP) is 4.24. The Morgan fingerprint density at radius 3 is 2.77 bits per heavy atom. The Morgan fingerprint density at radius 2 is 2.02 bits per heavy atom. The summed E-state index contributed by atoms with van der Waals surface area (Å²) in [5.74, 6) is 1.86. The molecule has 0 saturated carbocycles. The molecule has 11 heteroatoms. The normalized spacial score (nSPS) is 15.6. The van der Waals surface area contributed by atoms with Gasteiger partial charge in [-0.1, -0.05) is 6.07 Å². The number of methoxy groups -OCH3 is 1. The van der Waals surface area contributed by atoms with E-state index in [-0.39, 0.29) is 18.1 Å². The van der Waals surface area contributed by atoms with E-state index in [0.29, 0.717) is 35.0 Å². The smallest absolute Gasteiger partial charge is 0.261 e. The van der Waals surface area contributed by atoms with Crippen molar-refractivity contribution in [2.45, 2.75) is 26.0 Å². The number of aromatic nitrogens is 3. The molecule has 0 spiro atoms. The molecule has 2 aromatic carbocycles. The SMILES string of the molecule is COc1ccc(C(O)CNc2cc[nH]c(=O)c2-c2nc3c(C)cc(OC[C@H](C)N4CCOCC4)cc3[nH]2)cc1Br. The number of rotatable bonds is 10. The fourth-order valence-electron chi connectivity index (χ4n) is 4.87. The molecule has 1 aliphatic rings. The topological polar surface area (TPSA) is 125 Å². The molecule has 1 unspecified atom stereocenters. The minimum absolute atomic E-state index is 0.188. The van der Waals surface area contributed by atoms with E-state index >= 15 is 0 Å². The van der Waals surface area contributed by atoms with Crippen molar-refractivity contribution in [2.75, 3.05) is 51.9 Å². The fourth-order valence-corrected chi connectivity index (χ4v) is 5.43. The third-order valence-electron chi connectivity index (χ3n) is 7.16. The van der Waals surface area contributed by atoms with Gasteiger partial charge in [0.15, 0.2) is 0 Å². The standard InChI is InChI=1S/C29H34BrN5O5/c1-17-12-20(40-16-18(2)35-8-10-39-11-9-35)14-23-27(17)34-28(33-23)26-22(6-7-31-29(26)37)32-15-24(36)19-4-5-25(38-3)21(30)13-19/h4-7,12-14,18,24,36H,8-11,15-16H2,1-3H3,(H,33,34)(H2,31,32,37)/t18-,24?/m0/s1. The second-order valence-electron chi connectivity index (χ2n) is 9.92. The molecule has 2 atom stereocenters. The number of aliphatic hydroxyl groups is 1. The fraction of sp³-hybridized carbons (Fsp3) is 0.379. The van der Waals surface area contributed by atoms with Gasteiger partial charge in [-0.3, -0.25) is 9.69 Å². The number of hydrogen-bond acceptors (Lipinski definition) is 8. The average molecular weight is 613 g/mol. The molecule has 1 saturated heterocycles. The van der Waals surface area contributed by atoms with Crippen LogP contribution in [-0.4, -0.2) is 77.6 Å². The molecule has 0 radical (unpaired) electrons. The van der Waals surface area contributed by atoms with Crippen LogP contribution in [0.3, 0.4) is 0 Å². The van der Waals surface area contributed by atoms with Gasteiger partial charge < -0.3 is 34.6 Å². The highest BCUT2D eigenvalue weighted by molar-refractivity contribution is 9.10. The number of halogens is 1. The number of benzene rings is 2. The molecule has 4 N–H and O–H groups in total. The summed E-state index contributed by atoms with van der Waals surface area (Å²) < 4.78 is 17.6. The number of aromatic amines is 2. The average Bonchev–Trinajstić information content (AvgIpc) is 3.39. The van der Waals surface area contributed by atoms with Crippen LogP contribution < -0.4 is 20.3 Å². The molecule has 40 heavy (non-hydrogen) atoms. The lowest BCUT2D eigenvalue weighted by Crippen LogP contribution is -2.44. The summed E-state index contributed by atoms with van der Waals surface area (Å²) in [6.45, 7) is 8.19. The first-order valence-electron chi connectivity index (χ1n) is 13.3. The molecule has 212 valence electrons. The Hall–Kier alpha value is -3.38. The molecular formula is C29H34BrN5O5. The van der Waals surface area contributed by atoms with Crippen LogP contribution >= 0.6 is 15.9 Å².